The molecule has 0 spiro atoms. The third-order valence-corrected chi connectivity index (χ3v) is 4.67. The van der Waals surface area contributed by atoms with Crippen LogP contribution < -0.4 is 16.0 Å². The molecule has 0 bridgehead atoms. The monoisotopic (exact) mass is 351 g/mol. The van der Waals surface area contributed by atoms with Gasteiger partial charge in [0.25, 0.3) is 0 Å². The van der Waals surface area contributed by atoms with Crippen LogP contribution in [0.4, 0.5) is 11.4 Å². The fraction of sp³-hybridized carbons (Fsp3) is 0.333. The molecule has 0 aliphatic heterocycles. The Labute approximate surface area is 154 Å². The Hall–Kier alpha value is -2.82. The molecule has 0 fully saturated rings. The van der Waals surface area contributed by atoms with E-state index in [2.05, 4.69) is 34.1 Å². The van der Waals surface area contributed by atoms with E-state index in [9.17, 15) is 9.59 Å². The Morgan fingerprint density at radius 2 is 1.73 bits per heavy atom. The quantitative estimate of drug-likeness (QED) is 0.770. The summed E-state index contributed by atoms with van der Waals surface area (Å²) < 4.78 is 0. The number of carbonyl (C=O) groups excluding carboxylic acids is 2. The second kappa shape index (κ2) is 8.04. The first-order valence-corrected chi connectivity index (χ1v) is 9.05. The summed E-state index contributed by atoms with van der Waals surface area (Å²) >= 11 is 0. The van der Waals surface area contributed by atoms with E-state index in [1.807, 2.05) is 37.3 Å². The standard InChI is InChI=1S/C21H25N3O2/c1-14(22-17-10-12-18(13-11-17)23-15(2)25)21(26)24-20-9-5-7-16-6-3-4-8-19(16)20/h3-4,6,8,10-14,20,22H,5,7,9H2,1-2H3,(H,23,25)(H,24,26). The summed E-state index contributed by atoms with van der Waals surface area (Å²) in [6.07, 6.45) is 3.15. The summed E-state index contributed by atoms with van der Waals surface area (Å²) in [6, 6.07) is 15.4. The topological polar surface area (TPSA) is 70.2 Å². The van der Waals surface area contributed by atoms with Crippen LogP contribution in [0.15, 0.2) is 48.5 Å². The van der Waals surface area contributed by atoms with E-state index in [1.54, 1.807) is 0 Å². The van der Waals surface area contributed by atoms with Crippen molar-refractivity contribution >= 4 is 23.2 Å². The molecule has 2 amide bonds. The molecule has 0 heterocycles. The van der Waals surface area contributed by atoms with Crippen LogP contribution in [-0.4, -0.2) is 17.9 Å². The molecule has 2 unspecified atom stereocenters. The van der Waals surface area contributed by atoms with Crippen LogP contribution >= 0.6 is 0 Å². The number of hydrogen-bond acceptors (Lipinski definition) is 3. The van der Waals surface area contributed by atoms with Gasteiger partial charge in [-0.05, 0) is 61.6 Å². The minimum atomic E-state index is -0.351. The highest BCUT2D eigenvalue weighted by Crippen LogP contribution is 2.29. The predicted octanol–water partition coefficient (Wildman–Crippen LogP) is 3.64. The van der Waals surface area contributed by atoms with Crippen LogP contribution in [-0.2, 0) is 16.0 Å². The lowest BCUT2D eigenvalue weighted by atomic mass is 9.87. The Kier molecular flexibility index (Phi) is 5.56. The average molecular weight is 351 g/mol. The fourth-order valence-corrected chi connectivity index (χ4v) is 3.37. The lowest BCUT2D eigenvalue weighted by Gasteiger charge is -2.27. The van der Waals surface area contributed by atoms with Gasteiger partial charge in [-0.2, -0.15) is 0 Å². The second-order valence-electron chi connectivity index (χ2n) is 6.78. The zero-order chi connectivity index (χ0) is 18.5. The molecule has 136 valence electrons. The number of hydrogen-bond donors (Lipinski definition) is 3. The van der Waals surface area contributed by atoms with Gasteiger partial charge in [0, 0.05) is 18.3 Å². The summed E-state index contributed by atoms with van der Waals surface area (Å²) in [5, 5.41) is 9.11. The molecule has 1 aliphatic carbocycles. The fourth-order valence-electron chi connectivity index (χ4n) is 3.37. The van der Waals surface area contributed by atoms with Gasteiger partial charge in [0.2, 0.25) is 11.8 Å². The van der Waals surface area contributed by atoms with Crippen molar-refractivity contribution in [3.05, 3.63) is 59.7 Å². The van der Waals surface area contributed by atoms with Crippen molar-refractivity contribution in [3.8, 4) is 0 Å². The van der Waals surface area contributed by atoms with E-state index in [1.165, 1.54) is 18.1 Å². The van der Waals surface area contributed by atoms with Crippen LogP contribution in [0.3, 0.4) is 0 Å². The van der Waals surface area contributed by atoms with Crippen LogP contribution in [0.5, 0.6) is 0 Å². The summed E-state index contributed by atoms with van der Waals surface area (Å²) in [4.78, 5) is 23.7. The van der Waals surface area contributed by atoms with E-state index in [0.717, 1.165) is 30.6 Å². The third-order valence-electron chi connectivity index (χ3n) is 4.67. The SMILES string of the molecule is CC(=O)Nc1ccc(NC(C)C(=O)NC2CCCc3ccccc32)cc1. The maximum absolute atomic E-state index is 12.6. The van der Waals surface area contributed by atoms with Crippen molar-refractivity contribution in [2.24, 2.45) is 0 Å². The second-order valence-corrected chi connectivity index (χ2v) is 6.78. The predicted molar refractivity (Wildman–Crippen MR) is 104 cm³/mol. The molecule has 0 saturated heterocycles. The van der Waals surface area contributed by atoms with E-state index < -0.39 is 0 Å². The molecule has 5 nitrogen and oxygen atoms in total. The zero-order valence-corrected chi connectivity index (χ0v) is 15.2. The molecule has 0 radical (unpaired) electrons. The van der Waals surface area contributed by atoms with Gasteiger partial charge in [0.05, 0.1) is 6.04 Å². The van der Waals surface area contributed by atoms with Crippen molar-refractivity contribution in [2.75, 3.05) is 10.6 Å². The third kappa shape index (κ3) is 4.42. The highest BCUT2D eigenvalue weighted by Gasteiger charge is 2.23. The number of amides is 2. The van der Waals surface area contributed by atoms with Gasteiger partial charge < -0.3 is 16.0 Å². The lowest BCUT2D eigenvalue weighted by molar-refractivity contribution is -0.122. The van der Waals surface area contributed by atoms with Crippen molar-refractivity contribution in [1.82, 2.24) is 5.32 Å². The molecule has 3 rings (SSSR count). The number of rotatable bonds is 5. The van der Waals surface area contributed by atoms with Gasteiger partial charge >= 0.3 is 0 Å². The maximum Gasteiger partial charge on any atom is 0.242 e. The number of aryl methyl sites for hydroxylation is 1. The van der Waals surface area contributed by atoms with Gasteiger partial charge in [-0.25, -0.2) is 0 Å². The van der Waals surface area contributed by atoms with Gasteiger partial charge in [-0.1, -0.05) is 24.3 Å². The smallest absolute Gasteiger partial charge is 0.242 e. The summed E-state index contributed by atoms with van der Waals surface area (Å²) in [5.41, 5.74) is 4.14. The Bertz CT molecular complexity index is 786. The first-order chi connectivity index (χ1) is 12.5. The van der Waals surface area contributed by atoms with E-state index in [4.69, 9.17) is 0 Å². The molecular weight excluding hydrogens is 326 g/mol. The van der Waals surface area contributed by atoms with E-state index in [-0.39, 0.29) is 23.9 Å². The minimum absolute atomic E-state index is 0.0161. The summed E-state index contributed by atoms with van der Waals surface area (Å²) in [7, 11) is 0. The number of nitrogens with one attached hydrogen (secondary N) is 3. The molecule has 26 heavy (non-hydrogen) atoms. The molecule has 3 N–H and O–H groups in total. The van der Waals surface area contributed by atoms with Gasteiger partial charge in [0.1, 0.15) is 6.04 Å². The first kappa shape index (κ1) is 18.0. The number of carbonyl (C=O) groups is 2. The van der Waals surface area contributed by atoms with Crippen LogP contribution in [0.25, 0.3) is 0 Å². The highest BCUT2D eigenvalue weighted by atomic mass is 16.2. The zero-order valence-electron chi connectivity index (χ0n) is 15.2. The van der Waals surface area contributed by atoms with E-state index >= 15 is 0 Å². The van der Waals surface area contributed by atoms with Crippen molar-refractivity contribution < 1.29 is 9.59 Å². The van der Waals surface area contributed by atoms with Gasteiger partial charge in [0.15, 0.2) is 0 Å². The molecular formula is C21H25N3O2. The van der Waals surface area contributed by atoms with Crippen molar-refractivity contribution in [3.63, 3.8) is 0 Å². The first-order valence-electron chi connectivity index (χ1n) is 9.05. The largest absolute Gasteiger partial charge is 0.374 e. The minimum Gasteiger partial charge on any atom is -0.374 e. The summed E-state index contributed by atoms with van der Waals surface area (Å²) in [5.74, 6) is -0.121. The van der Waals surface area contributed by atoms with E-state index in [0.29, 0.717) is 0 Å². The lowest BCUT2D eigenvalue weighted by Crippen LogP contribution is -2.40. The molecule has 2 aromatic carbocycles. The highest BCUT2D eigenvalue weighted by molar-refractivity contribution is 5.89. The van der Waals surface area contributed by atoms with Crippen LogP contribution in [0, 0.1) is 0 Å². The number of benzene rings is 2. The molecule has 2 aromatic rings. The Morgan fingerprint density at radius 1 is 1.04 bits per heavy atom. The molecule has 0 saturated carbocycles. The van der Waals surface area contributed by atoms with Gasteiger partial charge in [-0.3, -0.25) is 9.59 Å². The van der Waals surface area contributed by atoms with Crippen molar-refractivity contribution in [2.45, 2.75) is 45.2 Å². The number of anilines is 2. The average Bonchev–Trinajstić information content (AvgIpc) is 2.63. The molecule has 1 aliphatic rings. The maximum atomic E-state index is 12.6. The Balaban J connectivity index is 1.59. The molecule has 0 aromatic heterocycles. The normalized spacial score (nSPS) is 16.9. The van der Waals surface area contributed by atoms with Crippen LogP contribution in [0.2, 0.25) is 0 Å². The van der Waals surface area contributed by atoms with Crippen molar-refractivity contribution in [1.29, 1.82) is 0 Å². The number of fused-ring (bicyclic) bond motifs is 1. The summed E-state index contributed by atoms with van der Waals surface area (Å²) in [6.45, 7) is 3.33. The Morgan fingerprint density at radius 3 is 2.46 bits per heavy atom. The molecule has 5 heteroatoms. The van der Waals surface area contributed by atoms with Crippen LogP contribution in [0.1, 0.15) is 43.9 Å². The van der Waals surface area contributed by atoms with Gasteiger partial charge in [-0.15, -0.1) is 0 Å². The molecule has 2 atom stereocenters.